The molecule has 0 aliphatic rings. The second-order valence-electron chi connectivity index (χ2n) is 4.97. The number of carbonyl (C=O) groups excluding carboxylic acids is 2. The van der Waals surface area contributed by atoms with E-state index in [1.54, 1.807) is 13.8 Å². The van der Waals surface area contributed by atoms with Crippen molar-refractivity contribution in [2.24, 2.45) is 0 Å². The molecular weight excluding hydrogens is 268 g/mol. The summed E-state index contributed by atoms with van der Waals surface area (Å²) in [6.07, 6.45) is 1.01. The van der Waals surface area contributed by atoms with Gasteiger partial charge in [-0.05, 0) is 38.3 Å². The Balaban J connectivity index is 2.60. The summed E-state index contributed by atoms with van der Waals surface area (Å²) in [5, 5.41) is 5.61. The van der Waals surface area contributed by atoms with E-state index in [-0.39, 0.29) is 24.5 Å². The highest BCUT2D eigenvalue weighted by atomic mass is 16.5. The monoisotopic (exact) mass is 292 g/mol. The number of aryl methyl sites for hydroxylation is 2. The molecule has 0 spiro atoms. The summed E-state index contributed by atoms with van der Waals surface area (Å²) >= 11 is 0. The van der Waals surface area contributed by atoms with E-state index >= 15 is 0 Å². The molecule has 0 fully saturated rings. The molecule has 1 aromatic rings. The maximum Gasteiger partial charge on any atom is 0.319 e. The van der Waals surface area contributed by atoms with Crippen LogP contribution in [-0.2, 0) is 16.0 Å². The Morgan fingerprint density at radius 1 is 1.29 bits per heavy atom. The number of amides is 2. The normalized spacial score (nSPS) is 11.6. The standard InChI is InChI=1S/C16H24N2O3/c1-5-13-9-7-8-11(3)15(13)18-16(20)17-12(4)10-14(19)21-6-2/h7-9,12H,5-6,10H2,1-4H3,(H2,17,18,20). The van der Waals surface area contributed by atoms with Crippen molar-refractivity contribution in [2.75, 3.05) is 11.9 Å². The van der Waals surface area contributed by atoms with Gasteiger partial charge < -0.3 is 15.4 Å². The number of esters is 1. The van der Waals surface area contributed by atoms with Gasteiger partial charge in [0.2, 0.25) is 0 Å². The summed E-state index contributed by atoms with van der Waals surface area (Å²) in [5.74, 6) is -0.310. The third kappa shape index (κ3) is 5.45. The van der Waals surface area contributed by atoms with Crippen LogP contribution in [0.4, 0.5) is 10.5 Å². The molecule has 1 rings (SSSR count). The average Bonchev–Trinajstić information content (AvgIpc) is 2.40. The Morgan fingerprint density at radius 2 is 2.00 bits per heavy atom. The predicted octanol–water partition coefficient (Wildman–Crippen LogP) is 3.02. The molecule has 5 nitrogen and oxygen atoms in total. The van der Waals surface area contributed by atoms with Gasteiger partial charge in [-0.15, -0.1) is 0 Å². The van der Waals surface area contributed by atoms with Gasteiger partial charge in [0.05, 0.1) is 13.0 Å². The molecule has 0 aliphatic carbocycles. The van der Waals surface area contributed by atoms with Gasteiger partial charge in [0.1, 0.15) is 0 Å². The van der Waals surface area contributed by atoms with Gasteiger partial charge in [-0.3, -0.25) is 4.79 Å². The van der Waals surface area contributed by atoms with Gasteiger partial charge in [0, 0.05) is 11.7 Å². The lowest BCUT2D eigenvalue weighted by Crippen LogP contribution is -2.38. The lowest BCUT2D eigenvalue weighted by molar-refractivity contribution is -0.143. The molecule has 21 heavy (non-hydrogen) atoms. The van der Waals surface area contributed by atoms with E-state index in [0.29, 0.717) is 6.61 Å². The quantitative estimate of drug-likeness (QED) is 0.792. The Kier molecular flexibility index (Phi) is 6.72. The van der Waals surface area contributed by atoms with E-state index in [9.17, 15) is 9.59 Å². The third-order valence-corrected chi connectivity index (χ3v) is 3.13. The number of para-hydroxylation sites is 1. The molecule has 0 aliphatic heterocycles. The van der Waals surface area contributed by atoms with Crippen LogP contribution in [0.5, 0.6) is 0 Å². The zero-order chi connectivity index (χ0) is 15.8. The van der Waals surface area contributed by atoms with Crippen LogP contribution >= 0.6 is 0 Å². The summed E-state index contributed by atoms with van der Waals surface area (Å²) in [6, 6.07) is 5.33. The predicted molar refractivity (Wildman–Crippen MR) is 83.4 cm³/mol. The van der Waals surface area contributed by atoms with Crippen LogP contribution in [0.2, 0.25) is 0 Å². The van der Waals surface area contributed by atoms with Crippen LogP contribution in [0.15, 0.2) is 18.2 Å². The van der Waals surface area contributed by atoms with E-state index in [1.165, 1.54) is 0 Å². The lowest BCUT2D eigenvalue weighted by Gasteiger charge is -2.16. The molecular formula is C16H24N2O3. The zero-order valence-electron chi connectivity index (χ0n) is 13.2. The highest BCUT2D eigenvalue weighted by molar-refractivity contribution is 5.91. The molecule has 0 heterocycles. The molecule has 1 aromatic carbocycles. The Morgan fingerprint density at radius 3 is 2.62 bits per heavy atom. The maximum absolute atomic E-state index is 12.0. The Hall–Kier alpha value is -2.04. The molecule has 1 atom stereocenters. The van der Waals surface area contributed by atoms with Crippen LogP contribution in [0, 0.1) is 6.92 Å². The molecule has 2 N–H and O–H groups in total. The van der Waals surface area contributed by atoms with Gasteiger partial charge in [-0.2, -0.15) is 0 Å². The second kappa shape index (κ2) is 8.29. The minimum Gasteiger partial charge on any atom is -0.466 e. The molecule has 0 aromatic heterocycles. The fourth-order valence-electron chi connectivity index (χ4n) is 2.10. The molecule has 0 saturated heterocycles. The number of nitrogens with one attached hydrogen (secondary N) is 2. The van der Waals surface area contributed by atoms with E-state index < -0.39 is 0 Å². The minimum atomic E-state index is -0.310. The number of urea groups is 1. The Bertz CT molecular complexity index is 500. The molecule has 5 heteroatoms. The van der Waals surface area contributed by atoms with Crippen molar-refractivity contribution in [2.45, 2.75) is 46.6 Å². The van der Waals surface area contributed by atoms with Crippen LogP contribution in [0.25, 0.3) is 0 Å². The largest absolute Gasteiger partial charge is 0.466 e. The van der Waals surface area contributed by atoms with Gasteiger partial charge >= 0.3 is 12.0 Å². The van der Waals surface area contributed by atoms with Crippen LogP contribution < -0.4 is 10.6 Å². The van der Waals surface area contributed by atoms with Gasteiger partial charge in [0.15, 0.2) is 0 Å². The smallest absolute Gasteiger partial charge is 0.319 e. The topological polar surface area (TPSA) is 67.4 Å². The van der Waals surface area contributed by atoms with E-state index in [4.69, 9.17) is 4.74 Å². The first-order valence-corrected chi connectivity index (χ1v) is 7.29. The summed E-state index contributed by atoms with van der Waals surface area (Å²) in [6.45, 7) is 7.88. The number of hydrogen-bond acceptors (Lipinski definition) is 3. The summed E-state index contributed by atoms with van der Waals surface area (Å²) in [7, 11) is 0. The number of hydrogen-bond donors (Lipinski definition) is 2. The average molecular weight is 292 g/mol. The number of rotatable bonds is 6. The fraction of sp³-hybridized carbons (Fsp3) is 0.500. The third-order valence-electron chi connectivity index (χ3n) is 3.13. The van der Waals surface area contributed by atoms with Crippen molar-refractivity contribution in [3.05, 3.63) is 29.3 Å². The highest BCUT2D eigenvalue weighted by Crippen LogP contribution is 2.20. The van der Waals surface area contributed by atoms with Crippen LogP contribution in [-0.4, -0.2) is 24.6 Å². The van der Waals surface area contributed by atoms with Gasteiger partial charge in [-0.25, -0.2) is 4.79 Å². The van der Waals surface area contributed by atoms with Crippen molar-refractivity contribution >= 4 is 17.7 Å². The van der Waals surface area contributed by atoms with Gasteiger partial charge in [0.25, 0.3) is 0 Å². The van der Waals surface area contributed by atoms with Crippen molar-refractivity contribution in [1.82, 2.24) is 5.32 Å². The SMILES string of the molecule is CCOC(=O)CC(C)NC(=O)Nc1c(C)cccc1CC. The van der Waals surface area contributed by atoms with Crippen molar-refractivity contribution in [1.29, 1.82) is 0 Å². The number of anilines is 1. The summed E-state index contributed by atoms with van der Waals surface area (Å²) in [5.41, 5.74) is 2.94. The molecule has 2 amide bonds. The first-order chi connectivity index (χ1) is 9.97. The molecule has 116 valence electrons. The van der Waals surface area contributed by atoms with Crippen molar-refractivity contribution in [3.8, 4) is 0 Å². The molecule has 0 saturated carbocycles. The number of benzene rings is 1. The van der Waals surface area contributed by atoms with E-state index in [0.717, 1.165) is 23.2 Å². The molecule has 0 bridgehead atoms. The van der Waals surface area contributed by atoms with Crippen molar-refractivity contribution in [3.63, 3.8) is 0 Å². The lowest BCUT2D eigenvalue weighted by atomic mass is 10.1. The first kappa shape index (κ1) is 17.0. The first-order valence-electron chi connectivity index (χ1n) is 7.29. The van der Waals surface area contributed by atoms with E-state index in [1.807, 2.05) is 32.0 Å². The van der Waals surface area contributed by atoms with E-state index in [2.05, 4.69) is 10.6 Å². The number of ether oxygens (including phenoxy) is 1. The summed E-state index contributed by atoms with van der Waals surface area (Å²) < 4.78 is 4.86. The van der Waals surface area contributed by atoms with Crippen LogP contribution in [0.1, 0.15) is 38.3 Å². The van der Waals surface area contributed by atoms with Gasteiger partial charge in [-0.1, -0.05) is 25.1 Å². The number of carbonyl (C=O) groups is 2. The highest BCUT2D eigenvalue weighted by Gasteiger charge is 2.14. The molecule has 1 unspecified atom stereocenters. The molecule has 0 radical (unpaired) electrons. The maximum atomic E-state index is 12.0. The zero-order valence-corrected chi connectivity index (χ0v) is 13.2. The Labute approximate surface area is 126 Å². The van der Waals surface area contributed by atoms with Crippen LogP contribution in [0.3, 0.4) is 0 Å². The van der Waals surface area contributed by atoms with Crippen molar-refractivity contribution < 1.29 is 14.3 Å². The fourth-order valence-corrected chi connectivity index (χ4v) is 2.10. The summed E-state index contributed by atoms with van der Waals surface area (Å²) in [4.78, 5) is 23.4. The second-order valence-corrected chi connectivity index (χ2v) is 4.97. The minimum absolute atomic E-state index is 0.162.